The van der Waals surface area contributed by atoms with Gasteiger partial charge in [0.15, 0.2) is 6.61 Å². The molecule has 0 saturated carbocycles. The molecule has 1 amide bonds. The normalized spacial score (nSPS) is 11.8. The van der Waals surface area contributed by atoms with Gasteiger partial charge in [-0.3, -0.25) is 4.79 Å². The monoisotopic (exact) mass is 317 g/mol. The molecule has 2 aromatic rings. The lowest BCUT2D eigenvalue weighted by atomic mass is 10.1. The van der Waals surface area contributed by atoms with Gasteiger partial charge in [0.05, 0.1) is 6.04 Å². The molecule has 0 saturated heterocycles. The smallest absolute Gasteiger partial charge is 0.258 e. The quantitative estimate of drug-likeness (QED) is 0.897. The van der Waals surface area contributed by atoms with Gasteiger partial charge < -0.3 is 10.1 Å². The van der Waals surface area contributed by atoms with E-state index < -0.39 is 0 Å². The van der Waals surface area contributed by atoms with Crippen LogP contribution in [0.25, 0.3) is 0 Å². The molecule has 0 bridgehead atoms. The maximum absolute atomic E-state index is 12.0. The van der Waals surface area contributed by atoms with E-state index in [1.165, 1.54) is 5.56 Å². The van der Waals surface area contributed by atoms with Crippen molar-refractivity contribution in [3.63, 3.8) is 0 Å². The van der Waals surface area contributed by atoms with Gasteiger partial charge in [-0.1, -0.05) is 29.8 Å². The molecule has 0 aromatic heterocycles. The molecule has 0 spiro atoms. The minimum Gasteiger partial charge on any atom is -0.484 e. The molecule has 22 heavy (non-hydrogen) atoms. The number of rotatable bonds is 5. The summed E-state index contributed by atoms with van der Waals surface area (Å²) >= 11 is 5.86. The first-order valence-electron chi connectivity index (χ1n) is 7.20. The van der Waals surface area contributed by atoms with Gasteiger partial charge in [-0.15, -0.1) is 0 Å². The number of carbonyl (C=O) groups excluding carboxylic acids is 1. The van der Waals surface area contributed by atoms with E-state index in [1.807, 2.05) is 63.2 Å². The average Bonchev–Trinajstić information content (AvgIpc) is 2.49. The summed E-state index contributed by atoms with van der Waals surface area (Å²) in [5, 5.41) is 3.59. The van der Waals surface area contributed by atoms with Crippen LogP contribution in [-0.4, -0.2) is 12.5 Å². The van der Waals surface area contributed by atoms with Gasteiger partial charge in [0.2, 0.25) is 0 Å². The van der Waals surface area contributed by atoms with Crippen LogP contribution >= 0.6 is 11.6 Å². The first-order chi connectivity index (χ1) is 10.5. The minimum absolute atomic E-state index is 0.000427. The van der Waals surface area contributed by atoms with Crippen molar-refractivity contribution in [1.29, 1.82) is 0 Å². The number of benzene rings is 2. The zero-order chi connectivity index (χ0) is 16.1. The van der Waals surface area contributed by atoms with Crippen LogP contribution in [-0.2, 0) is 4.79 Å². The minimum atomic E-state index is -0.152. The lowest BCUT2D eigenvalue weighted by Gasteiger charge is -2.15. The second-order valence-electron chi connectivity index (χ2n) is 5.38. The van der Waals surface area contributed by atoms with E-state index in [4.69, 9.17) is 16.3 Å². The highest BCUT2D eigenvalue weighted by atomic mass is 35.5. The Balaban J connectivity index is 1.87. The number of nitrogens with one attached hydrogen (secondary N) is 1. The van der Waals surface area contributed by atoms with E-state index in [0.29, 0.717) is 10.8 Å². The zero-order valence-corrected chi connectivity index (χ0v) is 13.8. The maximum Gasteiger partial charge on any atom is 0.258 e. The van der Waals surface area contributed by atoms with Gasteiger partial charge in [0.1, 0.15) is 5.75 Å². The third-order valence-corrected chi connectivity index (χ3v) is 3.85. The predicted molar refractivity (Wildman–Crippen MR) is 89.4 cm³/mol. The van der Waals surface area contributed by atoms with E-state index in [9.17, 15) is 4.79 Å². The number of hydrogen-bond donors (Lipinski definition) is 1. The molecule has 0 aliphatic heterocycles. The van der Waals surface area contributed by atoms with E-state index in [0.717, 1.165) is 11.1 Å². The summed E-state index contributed by atoms with van der Waals surface area (Å²) in [5.41, 5.74) is 3.35. The zero-order valence-electron chi connectivity index (χ0n) is 13.0. The molecule has 0 heterocycles. The first kappa shape index (κ1) is 16.4. The van der Waals surface area contributed by atoms with E-state index in [2.05, 4.69) is 5.32 Å². The average molecular weight is 318 g/mol. The summed E-state index contributed by atoms with van der Waals surface area (Å²) in [5.74, 6) is 0.554. The Kier molecular flexibility index (Phi) is 5.45. The Morgan fingerprint density at radius 2 is 1.82 bits per heavy atom. The number of carbonyl (C=O) groups is 1. The molecule has 2 aromatic carbocycles. The SMILES string of the molecule is Cc1ccc(OCC(=O)N[C@@H](C)c2ccc(Cl)cc2)cc1C. The van der Waals surface area contributed by atoms with Gasteiger partial charge in [-0.2, -0.15) is 0 Å². The molecular weight excluding hydrogens is 298 g/mol. The lowest BCUT2D eigenvalue weighted by molar-refractivity contribution is -0.123. The fourth-order valence-corrected chi connectivity index (χ4v) is 2.20. The van der Waals surface area contributed by atoms with Crippen molar-refractivity contribution in [2.75, 3.05) is 6.61 Å². The van der Waals surface area contributed by atoms with Crippen LogP contribution < -0.4 is 10.1 Å². The standard InChI is InChI=1S/C18H20ClNO2/c1-12-4-9-17(10-13(12)2)22-11-18(21)20-14(3)15-5-7-16(19)8-6-15/h4-10,14H,11H2,1-3H3,(H,20,21)/t14-/m0/s1. The topological polar surface area (TPSA) is 38.3 Å². The molecule has 0 unspecified atom stereocenters. The summed E-state index contributed by atoms with van der Waals surface area (Å²) in [4.78, 5) is 12.0. The summed E-state index contributed by atoms with van der Waals surface area (Å²) < 4.78 is 5.53. The van der Waals surface area contributed by atoms with Crippen molar-refractivity contribution >= 4 is 17.5 Å². The molecule has 0 aliphatic carbocycles. The van der Waals surface area contributed by atoms with Gasteiger partial charge in [0, 0.05) is 5.02 Å². The maximum atomic E-state index is 12.0. The Bertz CT molecular complexity index is 653. The molecular formula is C18H20ClNO2. The van der Waals surface area contributed by atoms with Crippen molar-refractivity contribution in [1.82, 2.24) is 5.32 Å². The summed E-state index contributed by atoms with van der Waals surface area (Å²) in [6.07, 6.45) is 0. The van der Waals surface area contributed by atoms with Crippen LogP contribution in [0.2, 0.25) is 5.02 Å². The molecule has 3 nitrogen and oxygen atoms in total. The number of ether oxygens (including phenoxy) is 1. The molecule has 0 fully saturated rings. The molecule has 0 radical (unpaired) electrons. The van der Waals surface area contributed by atoms with Crippen LogP contribution in [0.5, 0.6) is 5.75 Å². The van der Waals surface area contributed by atoms with Crippen molar-refractivity contribution in [2.45, 2.75) is 26.8 Å². The summed E-state index contributed by atoms with van der Waals surface area (Å²) in [6.45, 7) is 5.99. The van der Waals surface area contributed by atoms with Crippen LogP contribution in [0.15, 0.2) is 42.5 Å². The highest BCUT2D eigenvalue weighted by Crippen LogP contribution is 2.17. The first-order valence-corrected chi connectivity index (χ1v) is 7.58. The van der Waals surface area contributed by atoms with E-state index >= 15 is 0 Å². The van der Waals surface area contributed by atoms with Crippen LogP contribution in [0, 0.1) is 13.8 Å². The van der Waals surface area contributed by atoms with Crippen LogP contribution in [0.1, 0.15) is 29.7 Å². The van der Waals surface area contributed by atoms with Gasteiger partial charge >= 0.3 is 0 Å². The fraction of sp³-hybridized carbons (Fsp3) is 0.278. The third kappa shape index (κ3) is 4.50. The molecule has 2 rings (SSSR count). The number of amides is 1. The van der Waals surface area contributed by atoms with Crippen LogP contribution in [0.3, 0.4) is 0 Å². The molecule has 1 atom stereocenters. The second-order valence-corrected chi connectivity index (χ2v) is 5.81. The van der Waals surface area contributed by atoms with Crippen molar-refractivity contribution in [3.05, 3.63) is 64.2 Å². The fourth-order valence-electron chi connectivity index (χ4n) is 2.07. The van der Waals surface area contributed by atoms with E-state index in [1.54, 1.807) is 0 Å². The van der Waals surface area contributed by atoms with Crippen LogP contribution in [0.4, 0.5) is 0 Å². The molecule has 4 heteroatoms. The number of hydrogen-bond acceptors (Lipinski definition) is 2. The predicted octanol–water partition coefficient (Wildman–Crippen LogP) is 4.21. The van der Waals surface area contributed by atoms with E-state index in [-0.39, 0.29) is 18.6 Å². The molecule has 1 N–H and O–H groups in total. The molecule has 116 valence electrons. The summed E-state index contributed by atoms with van der Waals surface area (Å²) in [6, 6.07) is 13.1. The third-order valence-electron chi connectivity index (χ3n) is 3.60. The summed E-state index contributed by atoms with van der Waals surface area (Å²) in [7, 11) is 0. The van der Waals surface area contributed by atoms with Crippen molar-refractivity contribution in [3.8, 4) is 5.75 Å². The Labute approximate surface area is 136 Å². The highest BCUT2D eigenvalue weighted by molar-refractivity contribution is 6.30. The largest absolute Gasteiger partial charge is 0.484 e. The Hall–Kier alpha value is -2.00. The van der Waals surface area contributed by atoms with Crippen molar-refractivity contribution < 1.29 is 9.53 Å². The second kappa shape index (κ2) is 7.32. The number of aryl methyl sites for hydroxylation is 2. The van der Waals surface area contributed by atoms with Gasteiger partial charge in [0.25, 0.3) is 5.91 Å². The highest BCUT2D eigenvalue weighted by Gasteiger charge is 2.10. The molecule has 0 aliphatic rings. The Morgan fingerprint density at radius 1 is 1.14 bits per heavy atom. The van der Waals surface area contributed by atoms with Crippen molar-refractivity contribution in [2.24, 2.45) is 0 Å². The Morgan fingerprint density at radius 3 is 2.45 bits per heavy atom. The van der Waals surface area contributed by atoms with Gasteiger partial charge in [-0.05, 0) is 61.7 Å². The van der Waals surface area contributed by atoms with Gasteiger partial charge in [-0.25, -0.2) is 0 Å². The lowest BCUT2D eigenvalue weighted by Crippen LogP contribution is -2.31. The number of halogens is 1.